The average Bonchev–Trinajstić information content (AvgIpc) is 3.71. The number of ketones is 1. The Morgan fingerprint density at radius 3 is 2.57 bits per heavy atom. The van der Waals surface area contributed by atoms with Gasteiger partial charge >= 0.3 is 0 Å². The van der Waals surface area contributed by atoms with Gasteiger partial charge in [-0.15, -0.1) is 0 Å². The number of nitrogens with two attached hydrogens (primary N) is 1. The van der Waals surface area contributed by atoms with Crippen LogP contribution >= 0.6 is 0 Å². The predicted octanol–water partition coefficient (Wildman–Crippen LogP) is 3.90. The molecule has 4 heterocycles. The fraction of sp³-hybridized carbons (Fsp3) is 0.167. The zero-order chi connectivity index (χ0) is 29.0. The van der Waals surface area contributed by atoms with Crippen molar-refractivity contribution in [3.8, 4) is 5.69 Å². The molecule has 0 unspecified atom stereocenters. The Morgan fingerprint density at radius 1 is 1.00 bits per heavy atom. The molecule has 1 aliphatic heterocycles. The fourth-order valence-corrected chi connectivity index (χ4v) is 7.04. The van der Waals surface area contributed by atoms with Gasteiger partial charge < -0.3 is 20.4 Å². The van der Waals surface area contributed by atoms with Gasteiger partial charge in [0, 0.05) is 24.2 Å². The van der Waals surface area contributed by atoms with Crippen LogP contribution in [0, 0.1) is 6.92 Å². The van der Waals surface area contributed by atoms with Crippen molar-refractivity contribution in [3.05, 3.63) is 96.1 Å². The quantitative estimate of drug-likeness (QED) is 0.282. The van der Waals surface area contributed by atoms with Gasteiger partial charge in [0.05, 0.1) is 52.1 Å². The van der Waals surface area contributed by atoms with E-state index in [1.54, 1.807) is 36.4 Å². The number of aromatic amines is 1. The molecule has 1 saturated heterocycles. The van der Waals surface area contributed by atoms with Crippen LogP contribution in [0.1, 0.15) is 21.9 Å². The third-order valence-corrected chi connectivity index (χ3v) is 9.27. The van der Waals surface area contributed by atoms with Crippen molar-refractivity contribution in [1.82, 2.24) is 23.7 Å². The lowest BCUT2D eigenvalue weighted by molar-refractivity contribution is 0.103. The van der Waals surface area contributed by atoms with E-state index in [2.05, 4.69) is 20.0 Å². The summed E-state index contributed by atoms with van der Waals surface area (Å²) in [4.78, 5) is 24.0. The SMILES string of the molecule is Cc1nc2ccc(-n3ncc(C(=O)c4cc5c(N6CCOCC6)cccc5n4S(=O)(=O)c4ccccc4)c3N)cc2[nH]1. The van der Waals surface area contributed by atoms with Crippen LogP contribution < -0.4 is 10.6 Å². The van der Waals surface area contributed by atoms with E-state index in [0.29, 0.717) is 42.9 Å². The van der Waals surface area contributed by atoms with Crippen molar-refractivity contribution in [2.75, 3.05) is 36.9 Å². The van der Waals surface area contributed by atoms with Crippen molar-refractivity contribution in [2.24, 2.45) is 0 Å². The highest BCUT2D eigenvalue weighted by atomic mass is 32.2. The highest BCUT2D eigenvalue weighted by molar-refractivity contribution is 7.90. The van der Waals surface area contributed by atoms with Gasteiger partial charge in [-0.1, -0.05) is 24.3 Å². The molecule has 0 atom stereocenters. The number of morpholine rings is 1. The third-order valence-electron chi connectivity index (χ3n) is 7.52. The summed E-state index contributed by atoms with van der Waals surface area (Å²) >= 11 is 0. The molecule has 0 spiro atoms. The first kappa shape index (κ1) is 26.0. The van der Waals surface area contributed by atoms with Crippen LogP contribution in [0.4, 0.5) is 11.5 Å². The first-order chi connectivity index (χ1) is 20.3. The van der Waals surface area contributed by atoms with Crippen molar-refractivity contribution in [3.63, 3.8) is 0 Å². The number of benzene rings is 3. The number of hydrogen-bond donors (Lipinski definition) is 2. The largest absolute Gasteiger partial charge is 0.383 e. The lowest BCUT2D eigenvalue weighted by Crippen LogP contribution is -2.36. The molecule has 6 aromatic rings. The standard InChI is InChI=1S/C30H27N7O4S/c1-19-33-24-11-10-20(16-25(24)34-19)36-30(31)23(18-32-36)29(38)28-17-22-26(35-12-14-41-15-13-35)8-5-9-27(22)37(28)42(39,40)21-6-3-2-4-7-21/h2-11,16-18H,12-15,31H2,1H3,(H,33,34). The maximum Gasteiger partial charge on any atom is 0.268 e. The van der Waals surface area contributed by atoms with Gasteiger partial charge in [0.1, 0.15) is 17.3 Å². The number of imidazole rings is 1. The van der Waals surface area contributed by atoms with Crippen LogP contribution in [0.25, 0.3) is 27.6 Å². The zero-order valence-electron chi connectivity index (χ0n) is 22.7. The summed E-state index contributed by atoms with van der Waals surface area (Å²) in [7, 11) is -4.16. The van der Waals surface area contributed by atoms with Crippen LogP contribution in [-0.4, -0.2) is 64.2 Å². The molecule has 3 aromatic heterocycles. The van der Waals surface area contributed by atoms with E-state index in [9.17, 15) is 13.2 Å². The Hall–Kier alpha value is -4.94. The lowest BCUT2D eigenvalue weighted by Gasteiger charge is -2.29. The Balaban J connectivity index is 1.40. The van der Waals surface area contributed by atoms with Crippen LogP contribution in [0.5, 0.6) is 0 Å². The Morgan fingerprint density at radius 2 is 1.79 bits per heavy atom. The molecule has 12 heteroatoms. The first-order valence-corrected chi connectivity index (χ1v) is 14.9. The van der Waals surface area contributed by atoms with Gasteiger partial charge in [-0.05, 0) is 55.5 Å². The minimum absolute atomic E-state index is 0.0274. The smallest absolute Gasteiger partial charge is 0.268 e. The molecule has 1 aliphatic rings. The summed E-state index contributed by atoms with van der Waals surface area (Å²) < 4.78 is 36.3. The van der Waals surface area contributed by atoms with Crippen LogP contribution in [0.2, 0.25) is 0 Å². The topological polar surface area (TPSA) is 141 Å². The lowest BCUT2D eigenvalue weighted by atomic mass is 10.1. The normalized spacial score (nSPS) is 14.2. The van der Waals surface area contributed by atoms with Gasteiger partial charge in [-0.2, -0.15) is 5.10 Å². The fourth-order valence-electron chi connectivity index (χ4n) is 5.52. The number of fused-ring (bicyclic) bond motifs is 2. The molecule has 1 fully saturated rings. The zero-order valence-corrected chi connectivity index (χ0v) is 23.5. The highest BCUT2D eigenvalue weighted by Crippen LogP contribution is 2.35. The minimum atomic E-state index is -4.16. The van der Waals surface area contributed by atoms with Crippen molar-refractivity contribution in [2.45, 2.75) is 11.8 Å². The number of aromatic nitrogens is 5. The van der Waals surface area contributed by atoms with Crippen molar-refractivity contribution in [1.29, 1.82) is 0 Å². The highest BCUT2D eigenvalue weighted by Gasteiger charge is 2.30. The van der Waals surface area contributed by atoms with Crippen LogP contribution in [-0.2, 0) is 14.8 Å². The van der Waals surface area contributed by atoms with E-state index in [4.69, 9.17) is 10.5 Å². The number of nitrogen functional groups attached to an aromatic ring is 1. The summed E-state index contributed by atoms with van der Waals surface area (Å²) in [6, 6.07) is 20.7. The van der Waals surface area contributed by atoms with E-state index in [0.717, 1.165) is 26.5 Å². The molecule has 7 rings (SSSR count). The molecule has 0 radical (unpaired) electrons. The van der Waals surface area contributed by atoms with Crippen LogP contribution in [0.15, 0.2) is 83.9 Å². The number of H-pyrrole nitrogens is 1. The molecule has 42 heavy (non-hydrogen) atoms. The van der Waals surface area contributed by atoms with E-state index in [1.165, 1.54) is 23.0 Å². The van der Waals surface area contributed by atoms with Crippen molar-refractivity contribution >= 4 is 49.2 Å². The van der Waals surface area contributed by atoms with Crippen molar-refractivity contribution < 1.29 is 17.9 Å². The number of nitrogens with one attached hydrogen (secondary N) is 1. The van der Waals surface area contributed by atoms with Gasteiger partial charge in [0.15, 0.2) is 0 Å². The molecule has 212 valence electrons. The van der Waals surface area contributed by atoms with E-state index in [-0.39, 0.29) is 22.0 Å². The average molecular weight is 582 g/mol. The number of carbonyl (C=O) groups excluding carboxylic acids is 1. The second-order valence-corrected chi connectivity index (χ2v) is 11.9. The van der Waals surface area contributed by atoms with Gasteiger partial charge in [-0.3, -0.25) is 4.79 Å². The molecule has 0 amide bonds. The molecule has 11 nitrogen and oxygen atoms in total. The third kappa shape index (κ3) is 4.14. The summed E-state index contributed by atoms with van der Waals surface area (Å²) in [6.45, 7) is 4.29. The Bertz CT molecular complexity index is 2090. The minimum Gasteiger partial charge on any atom is -0.383 e. The first-order valence-electron chi connectivity index (χ1n) is 13.5. The molecular formula is C30H27N7O4S. The number of ether oxygens (including phenoxy) is 1. The molecule has 0 bridgehead atoms. The number of anilines is 2. The number of nitrogens with zero attached hydrogens (tertiary/aromatic N) is 5. The summed E-state index contributed by atoms with van der Waals surface area (Å²) in [5, 5.41) is 5.04. The van der Waals surface area contributed by atoms with Crippen LogP contribution in [0.3, 0.4) is 0 Å². The van der Waals surface area contributed by atoms with E-state index in [1.807, 2.05) is 31.2 Å². The number of rotatable bonds is 6. The molecule has 0 saturated carbocycles. The molecule has 0 aliphatic carbocycles. The Labute approximate surface area is 241 Å². The summed E-state index contributed by atoms with van der Waals surface area (Å²) in [5.41, 5.74) is 10.0. The number of hydrogen-bond acceptors (Lipinski definition) is 8. The number of carbonyl (C=O) groups is 1. The summed E-state index contributed by atoms with van der Waals surface area (Å²) in [6.07, 6.45) is 1.38. The maximum absolute atomic E-state index is 14.2. The second-order valence-electron chi connectivity index (χ2n) is 10.1. The Kier molecular flexibility index (Phi) is 6.10. The van der Waals surface area contributed by atoms with Gasteiger partial charge in [0.2, 0.25) is 5.78 Å². The molecule has 3 N–H and O–H groups in total. The predicted molar refractivity (Wildman–Crippen MR) is 160 cm³/mol. The molecule has 3 aromatic carbocycles. The monoisotopic (exact) mass is 581 g/mol. The molecular weight excluding hydrogens is 554 g/mol. The second kappa shape index (κ2) is 9.86. The number of aryl methyl sites for hydroxylation is 1. The summed E-state index contributed by atoms with van der Waals surface area (Å²) in [5.74, 6) is 0.314. The maximum atomic E-state index is 14.2. The van der Waals surface area contributed by atoms with Gasteiger partial charge in [0.25, 0.3) is 10.0 Å². The van der Waals surface area contributed by atoms with Gasteiger partial charge in [-0.25, -0.2) is 22.1 Å². The van der Waals surface area contributed by atoms with E-state index < -0.39 is 15.8 Å². The van der Waals surface area contributed by atoms with E-state index >= 15 is 0 Å².